The van der Waals surface area contributed by atoms with E-state index in [1.165, 1.54) is 0 Å². The van der Waals surface area contributed by atoms with E-state index in [1.54, 1.807) is 4.90 Å². The lowest BCUT2D eigenvalue weighted by Crippen LogP contribution is -2.52. The highest BCUT2D eigenvalue weighted by Crippen LogP contribution is 2.21. The summed E-state index contributed by atoms with van der Waals surface area (Å²) in [5, 5.41) is 11.4. The first-order valence-electron chi connectivity index (χ1n) is 6.41. The number of aliphatic hydroxyl groups excluding tert-OH is 1. The van der Waals surface area contributed by atoms with Gasteiger partial charge < -0.3 is 21.1 Å². The molecule has 18 heavy (non-hydrogen) atoms. The first-order chi connectivity index (χ1) is 8.45. The van der Waals surface area contributed by atoms with Crippen molar-refractivity contribution in [2.75, 3.05) is 19.7 Å². The van der Waals surface area contributed by atoms with Crippen LogP contribution in [0.4, 0.5) is 4.79 Å². The van der Waals surface area contributed by atoms with Gasteiger partial charge in [-0.15, -0.1) is 0 Å². The van der Waals surface area contributed by atoms with Crippen molar-refractivity contribution in [1.29, 1.82) is 0 Å². The van der Waals surface area contributed by atoms with Crippen LogP contribution in [0.2, 0.25) is 0 Å². The van der Waals surface area contributed by atoms with Gasteiger partial charge in [0.2, 0.25) is 5.91 Å². The second kappa shape index (κ2) is 6.58. The molecule has 2 atom stereocenters. The molecule has 0 aromatic rings. The minimum atomic E-state index is -0.673. The molecule has 6 nitrogen and oxygen atoms in total. The summed E-state index contributed by atoms with van der Waals surface area (Å²) in [7, 11) is 0. The van der Waals surface area contributed by atoms with E-state index in [4.69, 9.17) is 10.8 Å². The van der Waals surface area contributed by atoms with Crippen LogP contribution in [-0.4, -0.2) is 47.7 Å². The van der Waals surface area contributed by atoms with Crippen molar-refractivity contribution in [3.05, 3.63) is 0 Å². The lowest BCUT2D eigenvalue weighted by Gasteiger charge is -2.26. The lowest BCUT2D eigenvalue weighted by molar-refractivity contribution is -0.133. The zero-order valence-corrected chi connectivity index (χ0v) is 11.1. The van der Waals surface area contributed by atoms with Gasteiger partial charge in [-0.1, -0.05) is 13.8 Å². The molecule has 0 aromatic carbocycles. The number of aliphatic hydroxyl groups is 1. The van der Waals surface area contributed by atoms with Crippen LogP contribution in [0.3, 0.4) is 0 Å². The normalized spacial score (nSPS) is 21.1. The minimum Gasteiger partial charge on any atom is -0.396 e. The number of primary amides is 1. The van der Waals surface area contributed by atoms with Crippen molar-refractivity contribution in [2.45, 2.75) is 32.7 Å². The maximum atomic E-state index is 12.3. The summed E-state index contributed by atoms with van der Waals surface area (Å²) in [4.78, 5) is 24.9. The molecular formula is C12H23N3O3. The summed E-state index contributed by atoms with van der Waals surface area (Å²) in [5.74, 6) is 0.284. The summed E-state index contributed by atoms with van der Waals surface area (Å²) in [5.41, 5.74) is 5.09. The van der Waals surface area contributed by atoms with Crippen molar-refractivity contribution >= 4 is 11.9 Å². The van der Waals surface area contributed by atoms with E-state index in [2.05, 4.69) is 5.32 Å². The van der Waals surface area contributed by atoms with Crippen molar-refractivity contribution in [3.8, 4) is 0 Å². The fraction of sp³-hybridized carbons (Fsp3) is 0.833. The molecule has 1 heterocycles. The molecule has 0 saturated carbocycles. The summed E-state index contributed by atoms with van der Waals surface area (Å²) in [6.45, 7) is 5.25. The predicted octanol–water partition coefficient (Wildman–Crippen LogP) is -0.0898. The Balaban J connectivity index is 2.59. The number of carbonyl (C=O) groups excluding carboxylic acids is 2. The Labute approximate surface area is 108 Å². The van der Waals surface area contributed by atoms with Crippen LogP contribution in [0.15, 0.2) is 0 Å². The van der Waals surface area contributed by atoms with Gasteiger partial charge in [0.25, 0.3) is 0 Å². The fourth-order valence-corrected chi connectivity index (χ4v) is 2.31. The van der Waals surface area contributed by atoms with E-state index in [-0.39, 0.29) is 18.4 Å². The van der Waals surface area contributed by atoms with Crippen LogP contribution in [0, 0.1) is 11.8 Å². The SMILES string of the molecule is CC(C)C(NC(N)=O)C(=O)N1CCC(CCO)C1. The number of carbonyl (C=O) groups is 2. The van der Waals surface area contributed by atoms with E-state index in [0.29, 0.717) is 19.0 Å². The van der Waals surface area contributed by atoms with E-state index in [9.17, 15) is 9.59 Å². The number of rotatable bonds is 5. The van der Waals surface area contributed by atoms with Crippen LogP contribution in [-0.2, 0) is 4.79 Å². The van der Waals surface area contributed by atoms with Gasteiger partial charge >= 0.3 is 6.03 Å². The summed E-state index contributed by atoms with van der Waals surface area (Å²) in [6.07, 6.45) is 1.63. The topological polar surface area (TPSA) is 95.7 Å². The molecular weight excluding hydrogens is 234 g/mol. The molecule has 1 saturated heterocycles. The van der Waals surface area contributed by atoms with Gasteiger partial charge in [-0.25, -0.2) is 4.79 Å². The highest BCUT2D eigenvalue weighted by Gasteiger charge is 2.32. The Morgan fingerprint density at radius 2 is 2.17 bits per heavy atom. The highest BCUT2D eigenvalue weighted by molar-refractivity contribution is 5.87. The Morgan fingerprint density at radius 3 is 2.67 bits per heavy atom. The molecule has 0 bridgehead atoms. The van der Waals surface area contributed by atoms with Crippen LogP contribution in [0.25, 0.3) is 0 Å². The number of urea groups is 1. The standard InChI is InChI=1S/C12H23N3O3/c1-8(2)10(14-12(13)18)11(17)15-5-3-9(7-15)4-6-16/h8-10,16H,3-7H2,1-2H3,(H3,13,14,18). The Bertz CT molecular complexity index is 307. The van der Waals surface area contributed by atoms with Gasteiger partial charge in [-0.2, -0.15) is 0 Å². The molecule has 0 aromatic heterocycles. The van der Waals surface area contributed by atoms with E-state index >= 15 is 0 Å². The third-order valence-corrected chi connectivity index (χ3v) is 3.37. The van der Waals surface area contributed by atoms with Crippen LogP contribution >= 0.6 is 0 Å². The molecule has 1 aliphatic heterocycles. The first kappa shape index (κ1) is 14.8. The maximum Gasteiger partial charge on any atom is 0.312 e. The second-order valence-corrected chi connectivity index (χ2v) is 5.18. The molecule has 4 N–H and O–H groups in total. The molecule has 1 fully saturated rings. The Hall–Kier alpha value is -1.30. The second-order valence-electron chi connectivity index (χ2n) is 5.18. The number of amides is 3. The van der Waals surface area contributed by atoms with E-state index in [1.807, 2.05) is 13.8 Å². The maximum absolute atomic E-state index is 12.3. The lowest BCUT2D eigenvalue weighted by atomic mass is 10.0. The van der Waals surface area contributed by atoms with Crippen molar-refractivity contribution < 1.29 is 14.7 Å². The van der Waals surface area contributed by atoms with Gasteiger partial charge in [-0.3, -0.25) is 4.79 Å². The minimum absolute atomic E-state index is 0.00175. The Kier molecular flexibility index (Phi) is 5.40. The monoisotopic (exact) mass is 257 g/mol. The average molecular weight is 257 g/mol. The Morgan fingerprint density at radius 1 is 1.50 bits per heavy atom. The summed E-state index contributed by atoms with van der Waals surface area (Å²) < 4.78 is 0. The molecule has 3 amide bonds. The predicted molar refractivity (Wildman–Crippen MR) is 67.7 cm³/mol. The zero-order valence-electron chi connectivity index (χ0n) is 11.1. The van der Waals surface area contributed by atoms with Crippen LogP contribution < -0.4 is 11.1 Å². The third kappa shape index (κ3) is 3.87. The van der Waals surface area contributed by atoms with Crippen LogP contribution in [0.5, 0.6) is 0 Å². The van der Waals surface area contributed by atoms with Crippen molar-refractivity contribution in [3.63, 3.8) is 0 Å². The summed E-state index contributed by atoms with van der Waals surface area (Å²) in [6, 6.07) is -1.23. The molecule has 6 heteroatoms. The molecule has 0 spiro atoms. The molecule has 2 unspecified atom stereocenters. The number of hydrogen-bond acceptors (Lipinski definition) is 3. The zero-order chi connectivity index (χ0) is 13.7. The van der Waals surface area contributed by atoms with Gasteiger partial charge in [-0.05, 0) is 24.7 Å². The fourth-order valence-electron chi connectivity index (χ4n) is 2.31. The van der Waals surface area contributed by atoms with Crippen LogP contribution in [0.1, 0.15) is 26.7 Å². The molecule has 0 radical (unpaired) electrons. The molecule has 1 rings (SSSR count). The highest BCUT2D eigenvalue weighted by atomic mass is 16.3. The van der Waals surface area contributed by atoms with E-state index in [0.717, 1.165) is 12.8 Å². The molecule has 0 aliphatic carbocycles. The van der Waals surface area contributed by atoms with Gasteiger partial charge in [0.1, 0.15) is 6.04 Å². The van der Waals surface area contributed by atoms with Gasteiger partial charge in [0.05, 0.1) is 0 Å². The number of nitrogens with two attached hydrogens (primary N) is 1. The smallest absolute Gasteiger partial charge is 0.312 e. The van der Waals surface area contributed by atoms with Gasteiger partial charge in [0, 0.05) is 19.7 Å². The van der Waals surface area contributed by atoms with Crippen molar-refractivity contribution in [1.82, 2.24) is 10.2 Å². The number of hydrogen-bond donors (Lipinski definition) is 3. The first-order valence-corrected chi connectivity index (χ1v) is 6.41. The molecule has 1 aliphatic rings. The summed E-state index contributed by atoms with van der Waals surface area (Å²) >= 11 is 0. The number of likely N-dealkylation sites (tertiary alicyclic amines) is 1. The van der Waals surface area contributed by atoms with Crippen molar-refractivity contribution in [2.24, 2.45) is 17.6 Å². The number of nitrogens with one attached hydrogen (secondary N) is 1. The van der Waals surface area contributed by atoms with E-state index < -0.39 is 12.1 Å². The molecule has 104 valence electrons. The largest absolute Gasteiger partial charge is 0.396 e. The van der Waals surface area contributed by atoms with Gasteiger partial charge in [0.15, 0.2) is 0 Å². The average Bonchev–Trinajstić information content (AvgIpc) is 2.73. The number of nitrogens with zero attached hydrogens (tertiary/aromatic N) is 1. The third-order valence-electron chi connectivity index (χ3n) is 3.37. The quantitative estimate of drug-likeness (QED) is 0.642.